The van der Waals surface area contributed by atoms with Crippen molar-refractivity contribution in [3.63, 3.8) is 0 Å². The summed E-state index contributed by atoms with van der Waals surface area (Å²) in [4.78, 5) is 25.0. The summed E-state index contributed by atoms with van der Waals surface area (Å²) in [5.74, 6) is -1.18. The third kappa shape index (κ3) is 3.06. The molecule has 0 saturated heterocycles. The molecule has 0 radical (unpaired) electrons. The lowest BCUT2D eigenvalue weighted by atomic mass is 10.0. The normalized spacial score (nSPS) is 12.3. The molecule has 114 valence electrons. The highest BCUT2D eigenvalue weighted by atomic mass is 16.4. The zero-order chi connectivity index (χ0) is 16.2. The van der Waals surface area contributed by atoms with Crippen molar-refractivity contribution in [3.8, 4) is 0 Å². The number of carbonyl (C=O) groups excluding carboxylic acids is 1. The van der Waals surface area contributed by atoms with E-state index in [4.69, 9.17) is 5.11 Å². The molecule has 0 spiro atoms. The summed E-state index contributed by atoms with van der Waals surface area (Å²) < 4.78 is 0. The smallest absolute Gasteiger partial charge is 0.328 e. The van der Waals surface area contributed by atoms with Crippen LogP contribution in [0, 0.1) is 0 Å². The Balaban J connectivity index is 1.96. The van der Waals surface area contributed by atoms with Crippen LogP contribution in [0.1, 0.15) is 10.4 Å². The molecule has 23 heavy (non-hydrogen) atoms. The minimum atomic E-state index is -1.03. The number of fused-ring (bicyclic) bond motifs is 1. The van der Waals surface area contributed by atoms with E-state index in [1.807, 2.05) is 48.5 Å². The lowest BCUT2D eigenvalue weighted by Gasteiger charge is -2.26. The van der Waals surface area contributed by atoms with E-state index in [9.17, 15) is 9.59 Å². The number of hydrogen-bond acceptors (Lipinski definition) is 2. The SMILES string of the molecule is O=C(O)C=CCN(C(=O)c1ccccc1)C1=c2ccccc2=C1. The molecule has 1 N–H and O–H groups in total. The zero-order valence-corrected chi connectivity index (χ0v) is 12.3. The Morgan fingerprint density at radius 1 is 1.00 bits per heavy atom. The van der Waals surface area contributed by atoms with Crippen molar-refractivity contribution in [3.05, 3.63) is 82.8 Å². The van der Waals surface area contributed by atoms with Crippen molar-refractivity contribution in [2.24, 2.45) is 0 Å². The van der Waals surface area contributed by atoms with E-state index < -0.39 is 5.97 Å². The van der Waals surface area contributed by atoms with Crippen molar-refractivity contribution < 1.29 is 14.7 Å². The monoisotopic (exact) mass is 305 g/mol. The molecule has 0 unspecified atom stereocenters. The van der Waals surface area contributed by atoms with Crippen LogP contribution in [0.2, 0.25) is 0 Å². The number of carboxylic acid groups (broad SMARTS) is 1. The molecule has 4 heteroatoms. The maximum absolute atomic E-state index is 12.8. The van der Waals surface area contributed by atoms with E-state index in [1.165, 1.54) is 6.08 Å². The first-order valence-corrected chi connectivity index (χ1v) is 7.24. The van der Waals surface area contributed by atoms with Gasteiger partial charge in [0.1, 0.15) is 0 Å². The molecule has 0 saturated carbocycles. The lowest BCUT2D eigenvalue weighted by molar-refractivity contribution is -0.131. The standard InChI is InChI=1S/C19H15NO3/c21-18(22)11-6-12-20(19(23)14-7-2-1-3-8-14)17-13-15-9-4-5-10-16(15)17/h1-11,13H,12H2,(H,21,22). The Morgan fingerprint density at radius 2 is 1.70 bits per heavy atom. The summed E-state index contributed by atoms with van der Waals surface area (Å²) in [5.41, 5.74) is 1.38. The molecule has 2 aromatic rings. The van der Waals surface area contributed by atoms with Gasteiger partial charge in [0.15, 0.2) is 0 Å². The molecular formula is C19H15NO3. The summed E-state index contributed by atoms with van der Waals surface area (Å²) in [6.45, 7) is 0.209. The molecule has 1 aliphatic rings. The van der Waals surface area contributed by atoms with Crippen molar-refractivity contribution in [2.45, 2.75) is 0 Å². The van der Waals surface area contributed by atoms with Crippen molar-refractivity contribution in [2.75, 3.05) is 6.54 Å². The van der Waals surface area contributed by atoms with Crippen LogP contribution in [0.15, 0.2) is 66.7 Å². The number of nitrogens with zero attached hydrogens (tertiary/aromatic N) is 1. The number of carboxylic acids is 1. The zero-order valence-electron chi connectivity index (χ0n) is 12.3. The molecule has 4 nitrogen and oxygen atoms in total. The second-order valence-electron chi connectivity index (χ2n) is 5.14. The molecular weight excluding hydrogens is 290 g/mol. The number of carbonyl (C=O) groups is 2. The van der Waals surface area contributed by atoms with Gasteiger partial charge in [0.05, 0.1) is 5.70 Å². The number of benzene rings is 2. The van der Waals surface area contributed by atoms with Crippen LogP contribution in [0.4, 0.5) is 0 Å². The predicted octanol–water partition coefficient (Wildman–Crippen LogP) is 1.37. The van der Waals surface area contributed by atoms with E-state index >= 15 is 0 Å². The second kappa shape index (κ2) is 6.32. The summed E-state index contributed by atoms with van der Waals surface area (Å²) in [6, 6.07) is 16.8. The van der Waals surface area contributed by atoms with E-state index in [0.717, 1.165) is 22.2 Å². The Kier molecular flexibility index (Phi) is 4.06. The van der Waals surface area contributed by atoms with E-state index in [1.54, 1.807) is 17.0 Å². The average Bonchev–Trinajstić information content (AvgIpc) is 2.54. The first-order valence-electron chi connectivity index (χ1n) is 7.24. The second-order valence-corrected chi connectivity index (χ2v) is 5.14. The summed E-state index contributed by atoms with van der Waals surface area (Å²) >= 11 is 0. The van der Waals surface area contributed by atoms with Crippen molar-refractivity contribution in [1.29, 1.82) is 0 Å². The van der Waals surface area contributed by atoms with E-state index in [0.29, 0.717) is 5.56 Å². The van der Waals surface area contributed by atoms with Gasteiger partial charge in [-0.2, -0.15) is 0 Å². The van der Waals surface area contributed by atoms with Crippen LogP contribution < -0.4 is 10.4 Å². The molecule has 3 rings (SSSR count). The first-order chi connectivity index (χ1) is 11.2. The van der Waals surface area contributed by atoms with Crippen molar-refractivity contribution in [1.82, 2.24) is 4.90 Å². The highest BCUT2D eigenvalue weighted by molar-refractivity contribution is 6.02. The van der Waals surface area contributed by atoms with E-state index in [2.05, 4.69) is 0 Å². The Morgan fingerprint density at radius 3 is 2.39 bits per heavy atom. The minimum Gasteiger partial charge on any atom is -0.478 e. The van der Waals surface area contributed by atoms with Crippen LogP contribution in [0.3, 0.4) is 0 Å². The third-order valence-corrected chi connectivity index (χ3v) is 3.63. The highest BCUT2D eigenvalue weighted by Gasteiger charge is 2.21. The van der Waals surface area contributed by atoms with E-state index in [-0.39, 0.29) is 12.5 Å². The Labute approximate surface area is 133 Å². The van der Waals surface area contributed by atoms with Gasteiger partial charge in [0.25, 0.3) is 5.91 Å². The third-order valence-electron chi connectivity index (χ3n) is 3.63. The molecule has 0 heterocycles. The largest absolute Gasteiger partial charge is 0.478 e. The van der Waals surface area contributed by atoms with Gasteiger partial charge in [-0.15, -0.1) is 0 Å². The van der Waals surface area contributed by atoms with Gasteiger partial charge in [-0.05, 0) is 23.4 Å². The van der Waals surface area contributed by atoms with Gasteiger partial charge < -0.3 is 10.0 Å². The van der Waals surface area contributed by atoms with Gasteiger partial charge in [0.2, 0.25) is 0 Å². The van der Waals surface area contributed by atoms with Gasteiger partial charge in [-0.25, -0.2) is 4.79 Å². The van der Waals surface area contributed by atoms with Crippen LogP contribution in [-0.2, 0) is 4.79 Å². The maximum Gasteiger partial charge on any atom is 0.328 e. The lowest BCUT2D eigenvalue weighted by Crippen LogP contribution is -2.43. The maximum atomic E-state index is 12.8. The van der Waals surface area contributed by atoms with Gasteiger partial charge in [-0.1, -0.05) is 48.5 Å². The number of aliphatic carboxylic acids is 1. The number of amides is 1. The van der Waals surface area contributed by atoms with Crippen LogP contribution in [-0.4, -0.2) is 28.4 Å². The molecule has 0 bridgehead atoms. The molecule has 0 fully saturated rings. The molecule has 2 aromatic carbocycles. The van der Waals surface area contributed by atoms with Crippen LogP contribution in [0.25, 0.3) is 11.8 Å². The molecule has 1 amide bonds. The molecule has 1 aliphatic carbocycles. The summed E-state index contributed by atoms with van der Waals surface area (Å²) in [7, 11) is 0. The minimum absolute atomic E-state index is 0.151. The fraction of sp³-hybridized carbons (Fsp3) is 0.0526. The van der Waals surface area contributed by atoms with Gasteiger partial charge in [-0.3, -0.25) is 4.79 Å². The Hall–Kier alpha value is -3.14. The molecule has 0 aromatic heterocycles. The average molecular weight is 305 g/mol. The van der Waals surface area contributed by atoms with Crippen molar-refractivity contribution >= 4 is 23.6 Å². The Bertz CT molecular complexity index is 898. The van der Waals surface area contributed by atoms with Crippen LogP contribution in [0.5, 0.6) is 0 Å². The quantitative estimate of drug-likeness (QED) is 0.849. The van der Waals surface area contributed by atoms with Gasteiger partial charge in [0, 0.05) is 23.4 Å². The predicted molar refractivity (Wildman–Crippen MR) is 87.8 cm³/mol. The number of hydrogen-bond donors (Lipinski definition) is 1. The molecule has 0 aliphatic heterocycles. The fourth-order valence-corrected chi connectivity index (χ4v) is 2.51. The first kappa shape index (κ1) is 14.8. The fourth-order valence-electron chi connectivity index (χ4n) is 2.51. The van der Waals surface area contributed by atoms with Gasteiger partial charge >= 0.3 is 5.97 Å². The summed E-state index contributed by atoms with van der Waals surface area (Å²) in [5, 5.41) is 10.8. The number of rotatable bonds is 5. The summed E-state index contributed by atoms with van der Waals surface area (Å²) in [6.07, 6.45) is 4.46. The topological polar surface area (TPSA) is 57.6 Å². The molecule has 0 atom stereocenters. The highest BCUT2D eigenvalue weighted by Crippen LogP contribution is 2.14. The van der Waals surface area contributed by atoms with Crippen LogP contribution >= 0.6 is 0 Å².